The molecule has 17 heavy (non-hydrogen) atoms. The lowest BCUT2D eigenvalue weighted by Crippen LogP contribution is -2.06. The summed E-state index contributed by atoms with van der Waals surface area (Å²) >= 11 is 0. The predicted molar refractivity (Wildman–Crippen MR) is 53.4 cm³/mol. The zero-order valence-electron chi connectivity index (χ0n) is 8.91. The normalized spacial score (nSPS) is 10.1. The summed E-state index contributed by atoms with van der Waals surface area (Å²) in [5.74, 6) is -0.800. The minimum atomic E-state index is -2.90. The molecule has 6 heteroatoms. The smallest absolute Gasteiger partial charge is 0.337 e. The second-order valence-corrected chi connectivity index (χ2v) is 3.16. The number of carbonyl (C=O) groups is 1. The fourth-order valence-electron chi connectivity index (χ4n) is 1.40. The van der Waals surface area contributed by atoms with Crippen molar-refractivity contribution in [3.8, 4) is 6.07 Å². The van der Waals surface area contributed by atoms with Crippen molar-refractivity contribution in [2.75, 3.05) is 7.11 Å². The molecule has 0 aromatic heterocycles. The molecule has 90 valence electrons. The van der Waals surface area contributed by atoms with Crippen LogP contribution in [-0.4, -0.2) is 18.2 Å². The zero-order valence-corrected chi connectivity index (χ0v) is 8.91. The van der Waals surface area contributed by atoms with Gasteiger partial charge in [0.2, 0.25) is 0 Å². The summed E-state index contributed by atoms with van der Waals surface area (Å²) in [6.45, 7) is -0.604. The van der Waals surface area contributed by atoms with Gasteiger partial charge in [0.05, 0.1) is 24.8 Å². The van der Waals surface area contributed by atoms with Crippen LogP contribution in [0.25, 0.3) is 0 Å². The molecule has 4 nitrogen and oxygen atoms in total. The Morgan fingerprint density at radius 1 is 1.59 bits per heavy atom. The van der Waals surface area contributed by atoms with Crippen LogP contribution >= 0.6 is 0 Å². The molecule has 0 saturated heterocycles. The van der Waals surface area contributed by atoms with E-state index in [1.54, 1.807) is 6.07 Å². The Morgan fingerprint density at radius 3 is 2.65 bits per heavy atom. The maximum Gasteiger partial charge on any atom is 0.337 e. The highest BCUT2D eigenvalue weighted by molar-refractivity contribution is 5.90. The van der Waals surface area contributed by atoms with Crippen LogP contribution in [0.5, 0.6) is 0 Å². The number of ether oxygens (including phenoxy) is 1. The standard InChI is InChI=1S/C11H9F2NO3/c1-17-11(16)6-2-7(5-15)9(4-14)8(3-6)10(12)13/h2-3,10,15H,5H2,1H3. The van der Waals surface area contributed by atoms with Gasteiger partial charge in [0.25, 0.3) is 6.43 Å². The molecule has 0 unspecified atom stereocenters. The van der Waals surface area contributed by atoms with E-state index < -0.39 is 24.6 Å². The lowest BCUT2D eigenvalue weighted by atomic mass is 9.99. The predicted octanol–water partition coefficient (Wildman–Crippen LogP) is 1.77. The molecular formula is C11H9F2NO3. The third kappa shape index (κ3) is 2.57. The maximum atomic E-state index is 12.7. The highest BCUT2D eigenvalue weighted by atomic mass is 19.3. The van der Waals surface area contributed by atoms with E-state index in [-0.39, 0.29) is 16.7 Å². The van der Waals surface area contributed by atoms with E-state index in [0.29, 0.717) is 0 Å². The van der Waals surface area contributed by atoms with Crippen molar-refractivity contribution in [1.29, 1.82) is 5.26 Å². The molecule has 0 heterocycles. The average molecular weight is 241 g/mol. The molecule has 1 aromatic carbocycles. The summed E-state index contributed by atoms with van der Waals surface area (Å²) in [7, 11) is 1.11. The van der Waals surface area contributed by atoms with Crippen molar-refractivity contribution in [2.45, 2.75) is 13.0 Å². The molecule has 0 atom stereocenters. The number of nitrogens with zero attached hydrogens (tertiary/aromatic N) is 1. The third-order valence-corrected chi connectivity index (χ3v) is 2.19. The molecule has 0 saturated carbocycles. The molecular weight excluding hydrogens is 232 g/mol. The number of hydrogen-bond donors (Lipinski definition) is 1. The van der Waals surface area contributed by atoms with Crippen molar-refractivity contribution in [2.24, 2.45) is 0 Å². The highest BCUT2D eigenvalue weighted by Crippen LogP contribution is 2.27. The highest BCUT2D eigenvalue weighted by Gasteiger charge is 2.20. The van der Waals surface area contributed by atoms with Gasteiger partial charge in [-0.15, -0.1) is 0 Å². The SMILES string of the molecule is COC(=O)c1cc(CO)c(C#N)c(C(F)F)c1. The molecule has 0 amide bonds. The van der Waals surface area contributed by atoms with Gasteiger partial charge in [-0.1, -0.05) is 0 Å². The molecule has 0 aliphatic rings. The molecule has 1 aromatic rings. The summed E-state index contributed by atoms with van der Waals surface area (Å²) in [6, 6.07) is 3.65. The minimum Gasteiger partial charge on any atom is -0.465 e. The first-order chi connectivity index (χ1) is 8.04. The van der Waals surface area contributed by atoms with Crippen LogP contribution in [0.1, 0.15) is 33.5 Å². The number of hydrogen-bond acceptors (Lipinski definition) is 4. The Morgan fingerprint density at radius 2 is 2.24 bits per heavy atom. The molecule has 1 rings (SSSR count). The van der Waals surface area contributed by atoms with Gasteiger partial charge in [0, 0.05) is 5.56 Å². The number of aliphatic hydroxyl groups is 1. The third-order valence-electron chi connectivity index (χ3n) is 2.19. The van der Waals surface area contributed by atoms with Gasteiger partial charge in [0.1, 0.15) is 6.07 Å². The van der Waals surface area contributed by atoms with Crippen LogP contribution in [0.2, 0.25) is 0 Å². The van der Waals surface area contributed by atoms with E-state index in [0.717, 1.165) is 19.2 Å². The van der Waals surface area contributed by atoms with Crippen LogP contribution in [0.4, 0.5) is 8.78 Å². The molecule has 1 N–H and O–H groups in total. The topological polar surface area (TPSA) is 70.3 Å². The van der Waals surface area contributed by atoms with Gasteiger partial charge in [0.15, 0.2) is 0 Å². The van der Waals surface area contributed by atoms with Crippen molar-refractivity contribution in [3.63, 3.8) is 0 Å². The zero-order chi connectivity index (χ0) is 13.0. The molecule has 0 spiro atoms. The van der Waals surface area contributed by atoms with E-state index in [1.165, 1.54) is 0 Å². The number of halogens is 2. The first-order valence-corrected chi connectivity index (χ1v) is 4.59. The number of esters is 1. The number of benzene rings is 1. The number of alkyl halides is 2. The quantitative estimate of drug-likeness (QED) is 0.819. The molecule has 0 radical (unpaired) electrons. The van der Waals surface area contributed by atoms with Crippen LogP contribution < -0.4 is 0 Å². The number of aliphatic hydroxyl groups excluding tert-OH is 1. The Kier molecular flexibility index (Phi) is 4.12. The van der Waals surface area contributed by atoms with Crippen molar-refractivity contribution in [1.82, 2.24) is 0 Å². The van der Waals surface area contributed by atoms with Gasteiger partial charge in [-0.05, 0) is 17.7 Å². The van der Waals surface area contributed by atoms with Crippen molar-refractivity contribution in [3.05, 3.63) is 34.4 Å². The van der Waals surface area contributed by atoms with Crippen LogP contribution in [0.15, 0.2) is 12.1 Å². The van der Waals surface area contributed by atoms with Crippen LogP contribution in [-0.2, 0) is 11.3 Å². The number of rotatable bonds is 3. The summed E-state index contributed by atoms with van der Waals surface area (Å²) in [5, 5.41) is 17.7. The van der Waals surface area contributed by atoms with Crippen LogP contribution in [0.3, 0.4) is 0 Å². The lowest BCUT2D eigenvalue weighted by Gasteiger charge is -2.09. The van der Waals surface area contributed by atoms with Crippen LogP contribution in [0, 0.1) is 11.3 Å². The summed E-state index contributed by atoms with van der Waals surface area (Å²) < 4.78 is 29.8. The first kappa shape index (κ1) is 13.1. The number of nitriles is 1. The average Bonchev–Trinajstić information content (AvgIpc) is 2.35. The van der Waals surface area contributed by atoms with Gasteiger partial charge in [-0.25, -0.2) is 13.6 Å². The second kappa shape index (κ2) is 5.37. The fraction of sp³-hybridized carbons (Fsp3) is 0.273. The Balaban J connectivity index is 3.47. The van der Waals surface area contributed by atoms with E-state index in [4.69, 9.17) is 10.4 Å². The Labute approximate surface area is 96.0 Å². The summed E-state index contributed by atoms with van der Waals surface area (Å²) in [5.41, 5.74) is -1.04. The van der Waals surface area contributed by atoms with Gasteiger partial charge in [-0.2, -0.15) is 5.26 Å². The van der Waals surface area contributed by atoms with E-state index in [9.17, 15) is 13.6 Å². The lowest BCUT2D eigenvalue weighted by molar-refractivity contribution is 0.0600. The van der Waals surface area contributed by atoms with E-state index in [1.807, 2.05) is 0 Å². The summed E-state index contributed by atoms with van der Waals surface area (Å²) in [6.07, 6.45) is -2.90. The second-order valence-electron chi connectivity index (χ2n) is 3.16. The maximum absolute atomic E-state index is 12.7. The monoisotopic (exact) mass is 241 g/mol. The Bertz CT molecular complexity index is 480. The van der Waals surface area contributed by atoms with Gasteiger partial charge < -0.3 is 9.84 Å². The number of methoxy groups -OCH3 is 1. The van der Waals surface area contributed by atoms with E-state index >= 15 is 0 Å². The largest absolute Gasteiger partial charge is 0.465 e. The molecule has 0 aliphatic carbocycles. The fourth-order valence-corrected chi connectivity index (χ4v) is 1.40. The number of carbonyl (C=O) groups excluding carboxylic acids is 1. The molecule has 0 bridgehead atoms. The van der Waals surface area contributed by atoms with Gasteiger partial charge >= 0.3 is 5.97 Å². The first-order valence-electron chi connectivity index (χ1n) is 4.59. The van der Waals surface area contributed by atoms with E-state index in [2.05, 4.69) is 4.74 Å². The summed E-state index contributed by atoms with van der Waals surface area (Å²) in [4.78, 5) is 11.2. The van der Waals surface area contributed by atoms with Gasteiger partial charge in [-0.3, -0.25) is 0 Å². The van der Waals surface area contributed by atoms with Crippen molar-refractivity contribution < 1.29 is 23.4 Å². The molecule has 0 aliphatic heterocycles. The minimum absolute atomic E-state index is 0.0225. The van der Waals surface area contributed by atoms with Crippen molar-refractivity contribution >= 4 is 5.97 Å². The molecule has 0 fully saturated rings. The Hall–Kier alpha value is -2.00.